The predicted octanol–water partition coefficient (Wildman–Crippen LogP) is 5.17. The predicted molar refractivity (Wildman–Crippen MR) is 136 cm³/mol. The van der Waals surface area contributed by atoms with Gasteiger partial charge in [-0.2, -0.15) is 18.3 Å². The van der Waals surface area contributed by atoms with Gasteiger partial charge in [0, 0.05) is 12.4 Å². The minimum Gasteiger partial charge on any atom is -0.295 e. The fourth-order valence-electron chi connectivity index (χ4n) is 4.05. The molecule has 0 unspecified atom stereocenters. The van der Waals surface area contributed by atoms with Crippen LogP contribution in [0.4, 0.5) is 17.6 Å². The van der Waals surface area contributed by atoms with Gasteiger partial charge in [0.2, 0.25) is 0 Å². The number of halogens is 5. The van der Waals surface area contributed by atoms with Crippen LogP contribution < -0.4 is 11.2 Å². The molecule has 0 N–H and O–H groups in total. The molecular weight excluding hydrogens is 538 g/mol. The van der Waals surface area contributed by atoms with Gasteiger partial charge in [0.05, 0.1) is 41.1 Å². The quantitative estimate of drug-likeness (QED) is 0.271. The van der Waals surface area contributed by atoms with E-state index in [0.29, 0.717) is 11.8 Å². The zero-order valence-corrected chi connectivity index (χ0v) is 20.7. The molecule has 0 saturated heterocycles. The molecule has 198 valence electrons. The molecule has 7 nitrogen and oxygen atoms in total. The highest BCUT2D eigenvalue weighted by Gasteiger charge is 2.32. The summed E-state index contributed by atoms with van der Waals surface area (Å²) < 4.78 is 56.3. The van der Waals surface area contributed by atoms with Crippen LogP contribution in [0.25, 0.3) is 17.1 Å². The fraction of sp³-hybridized carbons (Fsp3) is 0.111. The molecule has 0 spiro atoms. The van der Waals surface area contributed by atoms with Crippen molar-refractivity contribution in [2.24, 2.45) is 0 Å². The zero-order chi connectivity index (χ0) is 27.7. The van der Waals surface area contributed by atoms with Crippen molar-refractivity contribution < 1.29 is 17.6 Å². The molecule has 5 aromatic rings. The summed E-state index contributed by atoms with van der Waals surface area (Å²) in [7, 11) is 0. The second-order valence-corrected chi connectivity index (χ2v) is 9.02. The highest BCUT2D eigenvalue weighted by Crippen LogP contribution is 2.32. The second kappa shape index (κ2) is 10.3. The highest BCUT2D eigenvalue weighted by atomic mass is 35.5. The molecule has 0 aliphatic rings. The van der Waals surface area contributed by atoms with Gasteiger partial charge in [-0.1, -0.05) is 54.1 Å². The topological polar surface area (TPSA) is 74.7 Å². The van der Waals surface area contributed by atoms with Gasteiger partial charge < -0.3 is 0 Å². The number of benzene rings is 2. The van der Waals surface area contributed by atoms with Crippen molar-refractivity contribution in [2.45, 2.75) is 19.3 Å². The maximum Gasteiger partial charge on any atom is 0.417 e. The van der Waals surface area contributed by atoms with Gasteiger partial charge in [-0.05, 0) is 35.4 Å². The smallest absolute Gasteiger partial charge is 0.295 e. The lowest BCUT2D eigenvalue weighted by Gasteiger charge is -2.15. The molecule has 39 heavy (non-hydrogen) atoms. The van der Waals surface area contributed by atoms with Gasteiger partial charge in [0.1, 0.15) is 5.82 Å². The van der Waals surface area contributed by atoms with E-state index in [9.17, 15) is 27.2 Å². The van der Waals surface area contributed by atoms with Crippen LogP contribution >= 0.6 is 11.6 Å². The molecule has 12 heteroatoms. The van der Waals surface area contributed by atoms with E-state index in [-0.39, 0.29) is 35.2 Å². The summed E-state index contributed by atoms with van der Waals surface area (Å²) in [5.41, 5.74) is -0.833. The van der Waals surface area contributed by atoms with Gasteiger partial charge in [-0.25, -0.2) is 18.9 Å². The summed E-state index contributed by atoms with van der Waals surface area (Å²) >= 11 is 6.15. The lowest BCUT2D eigenvalue weighted by atomic mass is 10.2. The van der Waals surface area contributed by atoms with Crippen molar-refractivity contribution >= 4 is 11.6 Å². The summed E-state index contributed by atoms with van der Waals surface area (Å²) in [6.07, 6.45) is -1.33. The van der Waals surface area contributed by atoms with Crippen molar-refractivity contribution in [2.75, 3.05) is 0 Å². The number of hydrogen-bond acceptors (Lipinski definition) is 4. The monoisotopic (exact) mass is 555 g/mol. The Hall–Kier alpha value is -4.51. The maximum atomic E-state index is 13.7. The molecule has 2 aromatic carbocycles. The van der Waals surface area contributed by atoms with E-state index >= 15 is 0 Å². The van der Waals surface area contributed by atoms with Crippen molar-refractivity contribution in [1.29, 1.82) is 0 Å². The summed E-state index contributed by atoms with van der Waals surface area (Å²) in [5, 5.41) is 3.79. The van der Waals surface area contributed by atoms with Crippen LogP contribution in [0.15, 0.2) is 94.9 Å². The Bertz CT molecular complexity index is 1760. The maximum absolute atomic E-state index is 13.7. The summed E-state index contributed by atoms with van der Waals surface area (Å²) in [4.78, 5) is 30.9. The normalized spacial score (nSPS) is 11.6. The Kier molecular flexibility index (Phi) is 6.92. The molecule has 0 amide bonds. The number of aromatic nitrogens is 5. The zero-order valence-electron chi connectivity index (χ0n) is 19.9. The third-order valence-electron chi connectivity index (χ3n) is 5.96. The Morgan fingerprint density at radius 1 is 0.897 bits per heavy atom. The minimum atomic E-state index is -4.65. The highest BCUT2D eigenvalue weighted by molar-refractivity contribution is 6.32. The first kappa shape index (κ1) is 26.1. The van der Waals surface area contributed by atoms with E-state index in [1.54, 1.807) is 0 Å². The first-order valence-corrected chi connectivity index (χ1v) is 11.9. The summed E-state index contributed by atoms with van der Waals surface area (Å²) in [6.45, 7) is -0.0161. The van der Waals surface area contributed by atoms with E-state index in [1.807, 2.05) is 30.3 Å². The van der Waals surface area contributed by atoms with Crippen LogP contribution in [-0.2, 0) is 19.3 Å². The van der Waals surface area contributed by atoms with Crippen molar-refractivity contribution in [3.05, 3.63) is 134 Å². The molecule has 0 bridgehead atoms. The first-order chi connectivity index (χ1) is 18.6. The third kappa shape index (κ3) is 5.39. The van der Waals surface area contributed by atoms with Crippen LogP contribution in [-0.4, -0.2) is 23.9 Å². The number of alkyl halides is 3. The SMILES string of the molecule is O=c1c(-c2ccnn2-c2ncc(C(F)(F)F)cc2Cl)cn(Cc2ccccc2)c(=O)n1Cc1ccc(F)cc1. The van der Waals surface area contributed by atoms with Crippen LogP contribution in [0.1, 0.15) is 16.7 Å². The molecule has 0 atom stereocenters. The largest absolute Gasteiger partial charge is 0.417 e. The average molecular weight is 556 g/mol. The Morgan fingerprint density at radius 3 is 2.26 bits per heavy atom. The van der Waals surface area contributed by atoms with E-state index in [2.05, 4.69) is 10.1 Å². The summed E-state index contributed by atoms with van der Waals surface area (Å²) in [5.74, 6) is -0.596. The number of hydrogen-bond donors (Lipinski definition) is 0. The van der Waals surface area contributed by atoms with Crippen LogP contribution in [0.5, 0.6) is 0 Å². The number of pyridine rings is 1. The lowest BCUT2D eigenvalue weighted by Crippen LogP contribution is -2.41. The molecule has 5 rings (SSSR count). The lowest BCUT2D eigenvalue weighted by molar-refractivity contribution is -0.137. The second-order valence-electron chi connectivity index (χ2n) is 8.61. The summed E-state index contributed by atoms with van der Waals surface area (Å²) in [6, 6.07) is 16.6. The van der Waals surface area contributed by atoms with Crippen molar-refractivity contribution in [3.63, 3.8) is 0 Å². The average Bonchev–Trinajstić information content (AvgIpc) is 3.38. The molecule has 0 saturated carbocycles. The van der Waals surface area contributed by atoms with E-state index in [1.165, 1.54) is 47.3 Å². The molecule has 0 aliphatic carbocycles. The molecule has 3 heterocycles. The molecule has 0 fully saturated rings. The Balaban J connectivity index is 1.67. The standard InChI is InChI=1S/C27H18ClF4N5O2/c28-22-12-19(27(30,31)32)13-33-24(22)37-23(10-11-34-37)21-16-35(14-17-4-2-1-3-5-17)26(39)36(25(21)38)15-18-6-8-20(29)9-7-18/h1-13,16H,14-15H2. The number of rotatable bonds is 6. The van der Waals surface area contributed by atoms with E-state index in [0.717, 1.165) is 20.9 Å². The van der Waals surface area contributed by atoms with Crippen molar-refractivity contribution in [3.8, 4) is 17.1 Å². The first-order valence-electron chi connectivity index (χ1n) is 11.5. The van der Waals surface area contributed by atoms with Gasteiger partial charge >= 0.3 is 11.9 Å². The molecule has 3 aromatic heterocycles. The van der Waals surface area contributed by atoms with E-state index in [4.69, 9.17) is 11.6 Å². The minimum absolute atomic E-state index is 0.0305. The molecular formula is C27H18ClF4N5O2. The van der Waals surface area contributed by atoms with Gasteiger partial charge in [-0.3, -0.25) is 13.9 Å². The van der Waals surface area contributed by atoms with Crippen molar-refractivity contribution in [1.82, 2.24) is 23.9 Å². The fourth-order valence-corrected chi connectivity index (χ4v) is 4.30. The van der Waals surface area contributed by atoms with Gasteiger partial charge in [0.15, 0.2) is 5.82 Å². The van der Waals surface area contributed by atoms with Crippen LogP contribution in [0.2, 0.25) is 5.02 Å². The van der Waals surface area contributed by atoms with Crippen LogP contribution in [0, 0.1) is 5.82 Å². The number of nitrogens with zero attached hydrogens (tertiary/aromatic N) is 5. The third-order valence-corrected chi connectivity index (χ3v) is 6.23. The molecule has 0 aliphatic heterocycles. The molecule has 0 radical (unpaired) electrons. The Labute approximate surface area is 223 Å². The Morgan fingerprint density at radius 2 is 1.59 bits per heavy atom. The van der Waals surface area contributed by atoms with E-state index < -0.39 is 28.8 Å². The van der Waals surface area contributed by atoms with Gasteiger partial charge in [0.25, 0.3) is 5.56 Å². The van der Waals surface area contributed by atoms with Crippen LogP contribution in [0.3, 0.4) is 0 Å². The van der Waals surface area contributed by atoms with Gasteiger partial charge in [-0.15, -0.1) is 0 Å².